The first-order valence-electron chi connectivity index (χ1n) is 8.73. The van der Waals surface area contributed by atoms with Gasteiger partial charge >= 0.3 is 0 Å². The maximum Gasteiger partial charge on any atom is 0.190 e. The lowest BCUT2D eigenvalue weighted by molar-refractivity contribution is 0.354. The Morgan fingerprint density at radius 3 is 2.54 bits per heavy atom. The Kier molecular flexibility index (Phi) is 8.21. The molecule has 0 amide bonds. The number of thiazole rings is 1. The van der Waals surface area contributed by atoms with E-state index in [-0.39, 0.29) is 0 Å². The Balaban J connectivity index is 1.69. The van der Waals surface area contributed by atoms with Gasteiger partial charge in [-0.15, -0.1) is 11.3 Å². The quantitative estimate of drug-likeness (QED) is 0.400. The van der Waals surface area contributed by atoms with E-state index in [9.17, 15) is 0 Å². The first-order chi connectivity index (χ1) is 12.7. The SMILES string of the molecule is CN=C(NCCCc1ccc(OC)c(OC)c1)NCCc1ncc(C)s1. The molecular formula is C19H28N4O2S. The number of benzene rings is 1. The summed E-state index contributed by atoms with van der Waals surface area (Å²) in [6.07, 6.45) is 4.79. The molecule has 1 aromatic carbocycles. The number of nitrogens with one attached hydrogen (secondary N) is 2. The minimum absolute atomic E-state index is 0.759. The van der Waals surface area contributed by atoms with Gasteiger partial charge in [-0.2, -0.15) is 0 Å². The van der Waals surface area contributed by atoms with E-state index >= 15 is 0 Å². The van der Waals surface area contributed by atoms with Crippen LogP contribution in [0.2, 0.25) is 0 Å². The number of guanidine groups is 1. The monoisotopic (exact) mass is 376 g/mol. The number of aryl methyl sites for hydroxylation is 2. The number of hydrogen-bond acceptors (Lipinski definition) is 5. The second-order valence-electron chi connectivity index (χ2n) is 5.83. The van der Waals surface area contributed by atoms with Crippen molar-refractivity contribution in [3.05, 3.63) is 39.8 Å². The molecule has 0 saturated heterocycles. The number of ether oxygens (including phenoxy) is 2. The highest BCUT2D eigenvalue weighted by Crippen LogP contribution is 2.27. The number of methoxy groups -OCH3 is 2. The fourth-order valence-electron chi connectivity index (χ4n) is 2.56. The van der Waals surface area contributed by atoms with Crippen LogP contribution in [0, 0.1) is 6.92 Å². The highest BCUT2D eigenvalue weighted by Gasteiger charge is 2.05. The summed E-state index contributed by atoms with van der Waals surface area (Å²) in [7, 11) is 5.10. The molecular weight excluding hydrogens is 348 g/mol. The zero-order valence-corrected chi connectivity index (χ0v) is 16.8. The van der Waals surface area contributed by atoms with Gasteiger partial charge in [0.05, 0.1) is 19.2 Å². The van der Waals surface area contributed by atoms with Gasteiger partial charge in [-0.25, -0.2) is 4.98 Å². The van der Waals surface area contributed by atoms with Crippen LogP contribution >= 0.6 is 11.3 Å². The molecule has 0 fully saturated rings. The molecule has 0 bridgehead atoms. The maximum atomic E-state index is 5.35. The van der Waals surface area contributed by atoms with Gasteiger partial charge in [0.2, 0.25) is 0 Å². The average Bonchev–Trinajstić information content (AvgIpc) is 3.08. The van der Waals surface area contributed by atoms with Crippen LogP contribution in [0.25, 0.3) is 0 Å². The minimum Gasteiger partial charge on any atom is -0.493 e. The number of aliphatic imine (C=N–C) groups is 1. The van der Waals surface area contributed by atoms with Crippen LogP contribution in [0.15, 0.2) is 29.4 Å². The van der Waals surface area contributed by atoms with Gasteiger partial charge in [0.15, 0.2) is 17.5 Å². The van der Waals surface area contributed by atoms with Gasteiger partial charge in [-0.05, 0) is 37.5 Å². The minimum atomic E-state index is 0.759. The maximum absolute atomic E-state index is 5.35. The molecule has 0 spiro atoms. The van der Waals surface area contributed by atoms with Gasteiger partial charge in [0.25, 0.3) is 0 Å². The summed E-state index contributed by atoms with van der Waals surface area (Å²) < 4.78 is 10.6. The van der Waals surface area contributed by atoms with E-state index in [0.717, 1.165) is 54.8 Å². The highest BCUT2D eigenvalue weighted by molar-refractivity contribution is 7.11. The molecule has 26 heavy (non-hydrogen) atoms. The summed E-state index contributed by atoms with van der Waals surface area (Å²) in [6.45, 7) is 3.75. The van der Waals surface area contributed by atoms with Gasteiger partial charge in [-0.3, -0.25) is 4.99 Å². The van der Waals surface area contributed by atoms with Crippen LogP contribution in [-0.2, 0) is 12.8 Å². The van der Waals surface area contributed by atoms with Crippen LogP contribution in [0.5, 0.6) is 11.5 Å². The van der Waals surface area contributed by atoms with Crippen LogP contribution in [0.1, 0.15) is 21.9 Å². The predicted octanol–water partition coefficient (Wildman–Crippen LogP) is 2.81. The lowest BCUT2D eigenvalue weighted by atomic mass is 10.1. The first kappa shape index (κ1) is 20.0. The summed E-state index contributed by atoms with van der Waals surface area (Å²) in [5.41, 5.74) is 1.23. The molecule has 2 N–H and O–H groups in total. The van der Waals surface area contributed by atoms with Gasteiger partial charge in [0.1, 0.15) is 0 Å². The van der Waals surface area contributed by atoms with Crippen molar-refractivity contribution >= 4 is 17.3 Å². The van der Waals surface area contributed by atoms with Gasteiger partial charge < -0.3 is 20.1 Å². The van der Waals surface area contributed by atoms with Crippen molar-refractivity contribution in [2.45, 2.75) is 26.2 Å². The Labute approximate surface area is 159 Å². The predicted molar refractivity (Wildman–Crippen MR) is 108 cm³/mol. The van der Waals surface area contributed by atoms with Crippen molar-refractivity contribution in [3.8, 4) is 11.5 Å². The van der Waals surface area contributed by atoms with Gasteiger partial charge in [-0.1, -0.05) is 6.07 Å². The number of nitrogens with zero attached hydrogens (tertiary/aromatic N) is 2. The highest BCUT2D eigenvalue weighted by atomic mass is 32.1. The lowest BCUT2D eigenvalue weighted by Gasteiger charge is -2.12. The lowest BCUT2D eigenvalue weighted by Crippen LogP contribution is -2.38. The topological polar surface area (TPSA) is 67.8 Å². The molecule has 1 aromatic heterocycles. The number of hydrogen-bond donors (Lipinski definition) is 2. The Morgan fingerprint density at radius 1 is 1.12 bits per heavy atom. The first-order valence-corrected chi connectivity index (χ1v) is 9.54. The average molecular weight is 377 g/mol. The summed E-state index contributed by atoms with van der Waals surface area (Å²) in [5.74, 6) is 2.35. The summed E-state index contributed by atoms with van der Waals surface area (Å²) in [5, 5.41) is 7.83. The molecule has 0 atom stereocenters. The molecule has 0 saturated carbocycles. The van der Waals surface area contributed by atoms with Crippen LogP contribution in [0.4, 0.5) is 0 Å². The second-order valence-corrected chi connectivity index (χ2v) is 7.15. The molecule has 0 aliphatic carbocycles. The van der Waals surface area contributed by atoms with Gasteiger partial charge in [0, 0.05) is 37.6 Å². The van der Waals surface area contributed by atoms with Crippen LogP contribution < -0.4 is 20.1 Å². The molecule has 0 unspecified atom stereocenters. The van der Waals surface area contributed by atoms with E-state index < -0.39 is 0 Å². The van der Waals surface area contributed by atoms with E-state index in [4.69, 9.17) is 9.47 Å². The van der Waals surface area contributed by atoms with Crippen molar-refractivity contribution < 1.29 is 9.47 Å². The molecule has 1 heterocycles. The Bertz CT molecular complexity index is 715. The zero-order chi connectivity index (χ0) is 18.8. The molecule has 2 rings (SSSR count). The van der Waals surface area contributed by atoms with E-state index in [1.54, 1.807) is 32.6 Å². The van der Waals surface area contributed by atoms with E-state index in [0.29, 0.717) is 0 Å². The summed E-state index contributed by atoms with van der Waals surface area (Å²) in [4.78, 5) is 9.88. The third kappa shape index (κ3) is 6.22. The molecule has 6 nitrogen and oxygen atoms in total. The molecule has 0 aliphatic rings. The Hall–Kier alpha value is -2.28. The zero-order valence-electron chi connectivity index (χ0n) is 16.0. The van der Waals surface area contributed by atoms with Crippen molar-refractivity contribution in [3.63, 3.8) is 0 Å². The van der Waals surface area contributed by atoms with Crippen LogP contribution in [0.3, 0.4) is 0 Å². The Morgan fingerprint density at radius 2 is 1.88 bits per heavy atom. The fraction of sp³-hybridized carbons (Fsp3) is 0.474. The molecule has 2 aromatic rings. The number of aromatic nitrogens is 1. The largest absolute Gasteiger partial charge is 0.493 e. The molecule has 0 aliphatic heterocycles. The van der Waals surface area contributed by atoms with Crippen molar-refractivity contribution in [1.82, 2.24) is 15.6 Å². The fourth-order valence-corrected chi connectivity index (χ4v) is 3.35. The summed E-state index contributed by atoms with van der Waals surface area (Å²) >= 11 is 1.74. The smallest absolute Gasteiger partial charge is 0.190 e. The van der Waals surface area contributed by atoms with Crippen molar-refractivity contribution in [2.24, 2.45) is 4.99 Å². The van der Waals surface area contributed by atoms with Crippen LogP contribution in [-0.4, -0.2) is 45.3 Å². The van der Waals surface area contributed by atoms with E-state index in [1.165, 1.54) is 10.4 Å². The van der Waals surface area contributed by atoms with E-state index in [2.05, 4.69) is 33.6 Å². The van der Waals surface area contributed by atoms with Crippen molar-refractivity contribution in [1.29, 1.82) is 0 Å². The molecule has 7 heteroatoms. The second kappa shape index (κ2) is 10.7. The number of rotatable bonds is 9. The molecule has 142 valence electrons. The normalized spacial score (nSPS) is 11.3. The third-order valence-electron chi connectivity index (χ3n) is 3.91. The third-order valence-corrected chi connectivity index (χ3v) is 4.88. The summed E-state index contributed by atoms with van der Waals surface area (Å²) in [6, 6.07) is 6.05. The molecule has 0 radical (unpaired) electrons. The van der Waals surface area contributed by atoms with E-state index in [1.807, 2.05) is 18.3 Å². The standard InChI is InChI=1S/C19H28N4O2S/c1-14-13-23-18(26-14)9-11-22-19(20-2)21-10-5-6-15-7-8-16(24-3)17(12-15)25-4/h7-8,12-13H,5-6,9-11H2,1-4H3,(H2,20,21,22). The van der Waals surface area contributed by atoms with Crippen molar-refractivity contribution in [2.75, 3.05) is 34.4 Å².